The zero-order valence-corrected chi connectivity index (χ0v) is 11.0. The summed E-state index contributed by atoms with van der Waals surface area (Å²) in [4.78, 5) is 25.4. The number of aryl methyl sites for hydroxylation is 1. The van der Waals surface area contributed by atoms with Crippen LogP contribution in [0.15, 0.2) is 12.5 Å². The highest BCUT2D eigenvalue weighted by Gasteiger charge is 2.37. The van der Waals surface area contributed by atoms with Crippen LogP contribution in [0.3, 0.4) is 0 Å². The first-order chi connectivity index (χ1) is 9.26. The third kappa shape index (κ3) is 1.75. The van der Waals surface area contributed by atoms with E-state index in [1.807, 2.05) is 11.1 Å². The van der Waals surface area contributed by atoms with Crippen molar-refractivity contribution in [2.45, 2.75) is 25.8 Å². The Morgan fingerprint density at radius 2 is 2.42 bits per heavy atom. The highest BCUT2D eigenvalue weighted by molar-refractivity contribution is 5.93. The standard InChI is InChI=1S/C13H16N4O2/c1-3-8-6-14-11-10(8)12(16-7-15-11)17-5-4-9(17)13(18)19-2/h6-7,9H,3-5H2,1-2H3,(H,14,15,16). The molecule has 2 aromatic heterocycles. The number of rotatable bonds is 3. The first kappa shape index (κ1) is 12.0. The highest BCUT2D eigenvalue weighted by atomic mass is 16.5. The lowest BCUT2D eigenvalue weighted by atomic mass is 10.0. The Morgan fingerprint density at radius 1 is 1.58 bits per heavy atom. The molecular formula is C13H16N4O2. The predicted octanol–water partition coefficient (Wildman–Crippen LogP) is 1.27. The average Bonchev–Trinajstić information content (AvgIpc) is 2.81. The smallest absolute Gasteiger partial charge is 0.328 e. The van der Waals surface area contributed by atoms with Crippen LogP contribution in [0.5, 0.6) is 0 Å². The van der Waals surface area contributed by atoms with Crippen LogP contribution in [-0.4, -0.2) is 40.6 Å². The van der Waals surface area contributed by atoms with Crippen LogP contribution in [0, 0.1) is 0 Å². The van der Waals surface area contributed by atoms with Crippen LogP contribution < -0.4 is 4.90 Å². The number of carbonyl (C=O) groups is 1. The molecule has 1 aliphatic rings. The molecule has 0 aromatic carbocycles. The number of H-pyrrole nitrogens is 1. The fourth-order valence-electron chi connectivity index (χ4n) is 2.53. The molecule has 0 aliphatic carbocycles. The summed E-state index contributed by atoms with van der Waals surface area (Å²) in [5.74, 6) is 0.622. The zero-order chi connectivity index (χ0) is 13.4. The summed E-state index contributed by atoms with van der Waals surface area (Å²) in [6.45, 7) is 2.91. The molecule has 0 bridgehead atoms. The molecule has 0 saturated carbocycles. The molecule has 19 heavy (non-hydrogen) atoms. The van der Waals surface area contributed by atoms with Gasteiger partial charge in [-0.15, -0.1) is 0 Å². The molecule has 3 rings (SSSR count). The summed E-state index contributed by atoms with van der Waals surface area (Å²) in [7, 11) is 1.42. The molecule has 1 atom stereocenters. The molecule has 1 fully saturated rings. The third-order valence-corrected chi connectivity index (χ3v) is 3.68. The minimum atomic E-state index is -0.220. The van der Waals surface area contributed by atoms with Crippen LogP contribution in [0.4, 0.5) is 5.82 Å². The van der Waals surface area contributed by atoms with Gasteiger partial charge in [-0.2, -0.15) is 0 Å². The summed E-state index contributed by atoms with van der Waals surface area (Å²) >= 11 is 0. The van der Waals surface area contributed by atoms with E-state index in [1.165, 1.54) is 19.0 Å². The van der Waals surface area contributed by atoms with Gasteiger partial charge in [0.25, 0.3) is 0 Å². The van der Waals surface area contributed by atoms with E-state index in [2.05, 4.69) is 21.9 Å². The van der Waals surface area contributed by atoms with Crippen LogP contribution in [0.25, 0.3) is 11.0 Å². The fourth-order valence-corrected chi connectivity index (χ4v) is 2.53. The molecule has 1 unspecified atom stereocenters. The number of ether oxygens (including phenoxy) is 1. The normalized spacial score (nSPS) is 18.4. The summed E-state index contributed by atoms with van der Waals surface area (Å²) in [6.07, 6.45) is 5.19. The SMILES string of the molecule is CCc1c[nH]c2ncnc(N3CCC3C(=O)OC)c12. The maximum absolute atomic E-state index is 11.7. The van der Waals surface area contributed by atoms with Gasteiger partial charge in [-0.3, -0.25) is 0 Å². The third-order valence-electron chi connectivity index (χ3n) is 3.68. The van der Waals surface area contributed by atoms with Crippen LogP contribution >= 0.6 is 0 Å². The Kier molecular flexibility index (Phi) is 2.85. The quantitative estimate of drug-likeness (QED) is 0.841. The van der Waals surface area contributed by atoms with Gasteiger partial charge in [-0.25, -0.2) is 14.8 Å². The van der Waals surface area contributed by atoms with E-state index in [0.29, 0.717) is 0 Å². The average molecular weight is 260 g/mol. The zero-order valence-electron chi connectivity index (χ0n) is 11.0. The molecule has 0 amide bonds. The molecule has 2 aromatic rings. The van der Waals surface area contributed by atoms with Gasteiger partial charge >= 0.3 is 5.97 Å². The minimum absolute atomic E-state index is 0.202. The molecule has 1 saturated heterocycles. The second-order valence-electron chi connectivity index (χ2n) is 4.61. The van der Waals surface area contributed by atoms with E-state index < -0.39 is 0 Å². The number of anilines is 1. The maximum atomic E-state index is 11.7. The first-order valence-electron chi connectivity index (χ1n) is 6.41. The van der Waals surface area contributed by atoms with Crippen molar-refractivity contribution in [3.8, 4) is 0 Å². The van der Waals surface area contributed by atoms with E-state index in [9.17, 15) is 4.79 Å². The second kappa shape index (κ2) is 4.53. The van der Waals surface area contributed by atoms with Gasteiger partial charge in [0.15, 0.2) is 0 Å². The minimum Gasteiger partial charge on any atom is -0.467 e. The van der Waals surface area contributed by atoms with Crippen LogP contribution in [0.1, 0.15) is 18.9 Å². The fraction of sp³-hybridized carbons (Fsp3) is 0.462. The van der Waals surface area contributed by atoms with E-state index in [4.69, 9.17) is 4.74 Å². The van der Waals surface area contributed by atoms with E-state index >= 15 is 0 Å². The van der Waals surface area contributed by atoms with Crippen LogP contribution in [-0.2, 0) is 16.0 Å². The Bertz CT molecular complexity index is 622. The van der Waals surface area contributed by atoms with Gasteiger partial charge in [0.1, 0.15) is 23.8 Å². The number of aromatic amines is 1. The number of hydrogen-bond donors (Lipinski definition) is 1. The summed E-state index contributed by atoms with van der Waals surface area (Å²) in [5.41, 5.74) is 1.98. The van der Waals surface area contributed by atoms with Gasteiger partial charge in [0.05, 0.1) is 12.5 Å². The Labute approximate surface area is 110 Å². The molecule has 0 radical (unpaired) electrons. The monoisotopic (exact) mass is 260 g/mol. The molecule has 100 valence electrons. The molecule has 1 N–H and O–H groups in total. The van der Waals surface area contributed by atoms with E-state index in [0.717, 1.165) is 36.2 Å². The van der Waals surface area contributed by atoms with E-state index in [-0.39, 0.29) is 12.0 Å². The van der Waals surface area contributed by atoms with Crippen molar-refractivity contribution in [2.75, 3.05) is 18.6 Å². The number of nitrogens with one attached hydrogen (secondary N) is 1. The summed E-state index contributed by atoms with van der Waals surface area (Å²) in [5, 5.41) is 1.01. The lowest BCUT2D eigenvalue weighted by molar-refractivity contribution is -0.143. The summed E-state index contributed by atoms with van der Waals surface area (Å²) < 4.78 is 4.82. The number of aromatic nitrogens is 3. The molecule has 0 spiro atoms. The van der Waals surface area contributed by atoms with Crippen molar-refractivity contribution in [3.63, 3.8) is 0 Å². The van der Waals surface area contributed by atoms with Crippen molar-refractivity contribution in [1.82, 2.24) is 15.0 Å². The maximum Gasteiger partial charge on any atom is 0.328 e. The Morgan fingerprint density at radius 3 is 3.05 bits per heavy atom. The largest absolute Gasteiger partial charge is 0.467 e. The Balaban J connectivity index is 2.05. The number of esters is 1. The molecule has 1 aliphatic heterocycles. The predicted molar refractivity (Wildman–Crippen MR) is 71.0 cm³/mol. The summed E-state index contributed by atoms with van der Waals surface area (Å²) in [6, 6.07) is -0.220. The topological polar surface area (TPSA) is 71.1 Å². The number of carbonyl (C=O) groups excluding carboxylic acids is 1. The molecule has 3 heterocycles. The highest BCUT2D eigenvalue weighted by Crippen LogP contribution is 2.32. The van der Waals surface area contributed by atoms with Gasteiger partial charge in [0, 0.05) is 12.7 Å². The van der Waals surface area contributed by atoms with Crippen molar-refractivity contribution >= 4 is 22.8 Å². The number of hydrogen-bond acceptors (Lipinski definition) is 5. The lowest BCUT2D eigenvalue weighted by Gasteiger charge is -2.39. The van der Waals surface area contributed by atoms with Crippen molar-refractivity contribution in [3.05, 3.63) is 18.1 Å². The molecule has 6 heteroatoms. The number of methoxy groups -OCH3 is 1. The van der Waals surface area contributed by atoms with Crippen molar-refractivity contribution < 1.29 is 9.53 Å². The lowest BCUT2D eigenvalue weighted by Crippen LogP contribution is -2.53. The van der Waals surface area contributed by atoms with Crippen molar-refractivity contribution in [2.24, 2.45) is 0 Å². The van der Waals surface area contributed by atoms with Gasteiger partial charge in [-0.05, 0) is 18.4 Å². The number of nitrogens with zero attached hydrogens (tertiary/aromatic N) is 3. The van der Waals surface area contributed by atoms with Gasteiger partial charge < -0.3 is 14.6 Å². The van der Waals surface area contributed by atoms with Crippen molar-refractivity contribution in [1.29, 1.82) is 0 Å². The van der Waals surface area contributed by atoms with Gasteiger partial charge in [-0.1, -0.05) is 6.92 Å². The van der Waals surface area contributed by atoms with Crippen LogP contribution in [0.2, 0.25) is 0 Å². The molecular weight excluding hydrogens is 244 g/mol. The second-order valence-corrected chi connectivity index (χ2v) is 4.61. The first-order valence-corrected chi connectivity index (χ1v) is 6.41. The van der Waals surface area contributed by atoms with E-state index in [1.54, 1.807) is 0 Å². The molecule has 6 nitrogen and oxygen atoms in total. The number of fused-ring (bicyclic) bond motifs is 1. The van der Waals surface area contributed by atoms with Gasteiger partial charge in [0.2, 0.25) is 0 Å². The Hall–Kier alpha value is -2.11.